The molecule has 0 saturated carbocycles. The second-order valence-electron chi connectivity index (χ2n) is 5.25. The zero-order valence-corrected chi connectivity index (χ0v) is 14.1. The van der Waals surface area contributed by atoms with Crippen LogP contribution in [0, 0.1) is 0 Å². The van der Waals surface area contributed by atoms with Crippen LogP contribution in [0.2, 0.25) is 0 Å². The number of esters is 1. The lowest BCUT2D eigenvalue weighted by atomic mass is 10.2. The Balaban J connectivity index is 2.66. The molecule has 23 heavy (non-hydrogen) atoms. The first-order valence-electron chi connectivity index (χ1n) is 7.73. The van der Waals surface area contributed by atoms with Gasteiger partial charge in [0.1, 0.15) is 6.54 Å². The molecule has 6 nitrogen and oxygen atoms in total. The molecule has 0 bridgehead atoms. The number of amides is 2. The Hall–Kier alpha value is -2.37. The molecule has 0 aliphatic heterocycles. The predicted molar refractivity (Wildman–Crippen MR) is 88.2 cm³/mol. The van der Waals surface area contributed by atoms with Crippen LogP contribution < -0.4 is 5.32 Å². The highest BCUT2D eigenvalue weighted by molar-refractivity contribution is 5.95. The number of nitrogens with one attached hydrogen (secondary N) is 1. The molecule has 1 rings (SSSR count). The Bertz CT molecular complexity index is 554. The van der Waals surface area contributed by atoms with Gasteiger partial charge in [0.2, 0.25) is 11.8 Å². The molecule has 6 heteroatoms. The lowest BCUT2D eigenvalue weighted by molar-refractivity contribution is -0.134. The van der Waals surface area contributed by atoms with Gasteiger partial charge in [0.05, 0.1) is 12.2 Å². The number of anilines is 1. The van der Waals surface area contributed by atoms with Gasteiger partial charge in [-0.05, 0) is 44.5 Å². The lowest BCUT2D eigenvalue weighted by Crippen LogP contribution is -2.42. The van der Waals surface area contributed by atoms with Crippen molar-refractivity contribution in [3.63, 3.8) is 0 Å². The SMILES string of the molecule is CCOC(=O)c1ccc(NC(=O)CN(C(C)=O)C(C)CC)cc1. The third-order valence-corrected chi connectivity index (χ3v) is 3.52. The molecular weight excluding hydrogens is 296 g/mol. The van der Waals surface area contributed by atoms with Crippen LogP contribution in [0.15, 0.2) is 24.3 Å². The average Bonchev–Trinajstić information content (AvgIpc) is 2.52. The molecule has 126 valence electrons. The highest BCUT2D eigenvalue weighted by Gasteiger charge is 2.18. The van der Waals surface area contributed by atoms with Gasteiger partial charge in [-0.2, -0.15) is 0 Å². The van der Waals surface area contributed by atoms with E-state index in [1.54, 1.807) is 31.2 Å². The molecule has 1 aromatic rings. The fourth-order valence-electron chi connectivity index (χ4n) is 2.06. The summed E-state index contributed by atoms with van der Waals surface area (Å²) in [6.45, 7) is 7.38. The standard InChI is InChI=1S/C17H24N2O4/c1-5-12(3)19(13(4)20)11-16(21)18-15-9-7-14(8-10-15)17(22)23-6-2/h7-10,12H,5-6,11H2,1-4H3,(H,18,21). The monoisotopic (exact) mass is 320 g/mol. The minimum atomic E-state index is -0.398. The van der Waals surface area contributed by atoms with Gasteiger partial charge in [0.15, 0.2) is 0 Å². The molecule has 0 aliphatic carbocycles. The number of carbonyl (C=O) groups excluding carboxylic acids is 3. The van der Waals surface area contributed by atoms with Crippen molar-refractivity contribution in [3.8, 4) is 0 Å². The van der Waals surface area contributed by atoms with E-state index < -0.39 is 5.97 Å². The first-order valence-corrected chi connectivity index (χ1v) is 7.73. The maximum Gasteiger partial charge on any atom is 0.338 e. The van der Waals surface area contributed by atoms with Gasteiger partial charge in [0, 0.05) is 18.7 Å². The van der Waals surface area contributed by atoms with Crippen LogP contribution in [0.1, 0.15) is 44.5 Å². The summed E-state index contributed by atoms with van der Waals surface area (Å²) in [6, 6.07) is 6.44. The topological polar surface area (TPSA) is 75.7 Å². The van der Waals surface area contributed by atoms with E-state index in [0.717, 1.165) is 6.42 Å². The van der Waals surface area contributed by atoms with Gasteiger partial charge in [-0.1, -0.05) is 6.92 Å². The normalized spacial score (nSPS) is 11.5. The molecule has 1 atom stereocenters. The average molecular weight is 320 g/mol. The van der Waals surface area contributed by atoms with Crippen molar-refractivity contribution in [2.24, 2.45) is 0 Å². The third kappa shape index (κ3) is 5.73. The maximum atomic E-state index is 12.1. The summed E-state index contributed by atoms with van der Waals surface area (Å²) < 4.78 is 4.90. The van der Waals surface area contributed by atoms with Gasteiger partial charge in [-0.25, -0.2) is 4.79 Å². The minimum Gasteiger partial charge on any atom is -0.462 e. The number of rotatable bonds is 7. The van der Waals surface area contributed by atoms with Crippen molar-refractivity contribution in [1.29, 1.82) is 0 Å². The molecule has 0 fully saturated rings. The van der Waals surface area contributed by atoms with Crippen molar-refractivity contribution in [1.82, 2.24) is 4.90 Å². The van der Waals surface area contributed by atoms with E-state index in [-0.39, 0.29) is 24.4 Å². The molecule has 2 amide bonds. The largest absolute Gasteiger partial charge is 0.462 e. The highest BCUT2D eigenvalue weighted by atomic mass is 16.5. The smallest absolute Gasteiger partial charge is 0.338 e. The fourth-order valence-corrected chi connectivity index (χ4v) is 2.06. The second-order valence-corrected chi connectivity index (χ2v) is 5.25. The molecule has 1 aromatic carbocycles. The molecule has 0 spiro atoms. The Labute approximate surface area is 136 Å². The van der Waals surface area contributed by atoms with E-state index in [0.29, 0.717) is 17.9 Å². The number of benzene rings is 1. The minimum absolute atomic E-state index is 0.00394. The fraction of sp³-hybridized carbons (Fsp3) is 0.471. The molecule has 0 aliphatic rings. The summed E-state index contributed by atoms with van der Waals surface area (Å²) in [6.07, 6.45) is 0.779. The first-order chi connectivity index (χ1) is 10.9. The number of hydrogen-bond donors (Lipinski definition) is 1. The summed E-state index contributed by atoms with van der Waals surface area (Å²) in [5, 5.41) is 2.72. The summed E-state index contributed by atoms with van der Waals surface area (Å²) in [5.41, 5.74) is 0.991. The van der Waals surface area contributed by atoms with Gasteiger partial charge in [-0.3, -0.25) is 9.59 Å². The van der Waals surface area contributed by atoms with Crippen LogP contribution in [0.25, 0.3) is 0 Å². The van der Waals surface area contributed by atoms with E-state index in [1.807, 2.05) is 13.8 Å². The van der Waals surface area contributed by atoms with E-state index in [1.165, 1.54) is 11.8 Å². The Morgan fingerprint density at radius 3 is 2.26 bits per heavy atom. The van der Waals surface area contributed by atoms with Crippen LogP contribution >= 0.6 is 0 Å². The summed E-state index contributed by atoms with van der Waals surface area (Å²) in [7, 11) is 0. The zero-order valence-electron chi connectivity index (χ0n) is 14.1. The van der Waals surface area contributed by atoms with E-state index in [2.05, 4.69) is 5.32 Å². The summed E-state index contributed by atoms with van der Waals surface area (Å²) in [4.78, 5) is 36.8. The quantitative estimate of drug-likeness (QED) is 0.783. The van der Waals surface area contributed by atoms with Gasteiger partial charge >= 0.3 is 5.97 Å². The number of carbonyl (C=O) groups is 3. The summed E-state index contributed by atoms with van der Waals surface area (Å²) in [5.74, 6) is -0.804. The Morgan fingerprint density at radius 1 is 1.17 bits per heavy atom. The van der Waals surface area contributed by atoms with Gasteiger partial charge in [-0.15, -0.1) is 0 Å². The second kappa shape index (κ2) is 8.92. The zero-order chi connectivity index (χ0) is 17.4. The Morgan fingerprint density at radius 2 is 1.78 bits per heavy atom. The Kier molecular flexibility index (Phi) is 7.25. The van der Waals surface area contributed by atoms with Crippen molar-refractivity contribution < 1.29 is 19.1 Å². The molecule has 0 heterocycles. The van der Waals surface area contributed by atoms with Gasteiger partial charge in [0.25, 0.3) is 0 Å². The maximum absolute atomic E-state index is 12.1. The van der Waals surface area contributed by atoms with E-state index in [4.69, 9.17) is 4.74 Å². The van der Waals surface area contributed by atoms with E-state index in [9.17, 15) is 14.4 Å². The molecule has 0 radical (unpaired) electrons. The predicted octanol–water partition coefficient (Wildman–Crippen LogP) is 2.45. The summed E-state index contributed by atoms with van der Waals surface area (Å²) >= 11 is 0. The van der Waals surface area contributed by atoms with Crippen molar-refractivity contribution in [2.75, 3.05) is 18.5 Å². The number of ether oxygens (including phenoxy) is 1. The highest BCUT2D eigenvalue weighted by Crippen LogP contribution is 2.11. The van der Waals surface area contributed by atoms with Gasteiger partial charge < -0.3 is 15.0 Å². The van der Waals surface area contributed by atoms with Crippen LogP contribution in [0.4, 0.5) is 5.69 Å². The molecule has 1 unspecified atom stereocenters. The van der Waals surface area contributed by atoms with Crippen LogP contribution in [-0.2, 0) is 14.3 Å². The number of nitrogens with zero attached hydrogens (tertiary/aromatic N) is 1. The lowest BCUT2D eigenvalue weighted by Gasteiger charge is -2.26. The molecule has 1 N–H and O–H groups in total. The van der Waals surface area contributed by atoms with E-state index >= 15 is 0 Å². The van der Waals surface area contributed by atoms with Crippen LogP contribution in [0.5, 0.6) is 0 Å². The molecule has 0 saturated heterocycles. The van der Waals surface area contributed by atoms with Crippen molar-refractivity contribution >= 4 is 23.5 Å². The molecule has 0 aromatic heterocycles. The third-order valence-electron chi connectivity index (χ3n) is 3.52. The van der Waals surface area contributed by atoms with Crippen molar-refractivity contribution in [3.05, 3.63) is 29.8 Å². The van der Waals surface area contributed by atoms with Crippen LogP contribution in [-0.4, -0.2) is 41.9 Å². The first kappa shape index (κ1) is 18.7. The van der Waals surface area contributed by atoms with Crippen LogP contribution in [0.3, 0.4) is 0 Å². The van der Waals surface area contributed by atoms with Crippen molar-refractivity contribution in [2.45, 2.75) is 40.2 Å². The number of hydrogen-bond acceptors (Lipinski definition) is 4. The molecular formula is C17H24N2O4.